The van der Waals surface area contributed by atoms with Gasteiger partial charge in [-0.25, -0.2) is 0 Å². The highest BCUT2D eigenvalue weighted by molar-refractivity contribution is 5.74. The van der Waals surface area contributed by atoms with Gasteiger partial charge in [-0.15, -0.1) is 0 Å². The molecular formula is C10H20N2O3. The van der Waals surface area contributed by atoms with Gasteiger partial charge in [0.05, 0.1) is 12.7 Å². The number of nitrogens with two attached hydrogens (primary N) is 1. The van der Waals surface area contributed by atoms with E-state index in [0.29, 0.717) is 13.2 Å². The molecule has 0 saturated heterocycles. The quantitative estimate of drug-likeness (QED) is 0.517. The van der Waals surface area contributed by atoms with Gasteiger partial charge in [0.15, 0.2) is 0 Å². The number of ether oxygens (including phenoxy) is 1. The normalized spacial score (nSPS) is 26.5. The van der Waals surface area contributed by atoms with Gasteiger partial charge >= 0.3 is 0 Å². The van der Waals surface area contributed by atoms with Crippen LogP contribution >= 0.6 is 0 Å². The fourth-order valence-corrected chi connectivity index (χ4v) is 1.84. The molecule has 5 heteroatoms. The summed E-state index contributed by atoms with van der Waals surface area (Å²) in [5.41, 5.74) is 4.92. The van der Waals surface area contributed by atoms with Crippen molar-refractivity contribution in [3.05, 3.63) is 0 Å². The second kappa shape index (κ2) is 6.76. The summed E-state index contributed by atoms with van der Waals surface area (Å²) in [6.07, 6.45) is 3.92. The van der Waals surface area contributed by atoms with Crippen molar-refractivity contribution in [2.75, 3.05) is 19.8 Å². The first kappa shape index (κ1) is 12.4. The van der Waals surface area contributed by atoms with Gasteiger partial charge in [-0.2, -0.15) is 0 Å². The molecule has 4 N–H and O–H groups in total. The Bertz CT molecular complexity index is 199. The van der Waals surface area contributed by atoms with E-state index in [4.69, 9.17) is 10.5 Å². The van der Waals surface area contributed by atoms with E-state index < -0.39 is 5.91 Å². The van der Waals surface area contributed by atoms with Gasteiger partial charge in [-0.3, -0.25) is 4.79 Å². The van der Waals surface area contributed by atoms with Gasteiger partial charge in [0.25, 0.3) is 0 Å². The summed E-state index contributed by atoms with van der Waals surface area (Å²) in [5.74, 6) is -0.451. The largest absolute Gasteiger partial charge is 0.392 e. The number of hydrogen-bond acceptors (Lipinski definition) is 4. The Morgan fingerprint density at radius 2 is 2.20 bits per heavy atom. The summed E-state index contributed by atoms with van der Waals surface area (Å²) in [6, 6.07) is 0.177. The predicted molar refractivity (Wildman–Crippen MR) is 56.3 cm³/mol. The maximum absolute atomic E-state index is 10.4. The van der Waals surface area contributed by atoms with Crippen molar-refractivity contribution in [2.45, 2.75) is 37.8 Å². The number of amides is 1. The van der Waals surface area contributed by atoms with Crippen LogP contribution < -0.4 is 11.1 Å². The molecule has 0 aromatic carbocycles. The highest BCUT2D eigenvalue weighted by atomic mass is 16.5. The summed E-state index contributed by atoms with van der Waals surface area (Å²) in [6.45, 7) is 1.07. The maximum atomic E-state index is 10.4. The highest BCUT2D eigenvalue weighted by Crippen LogP contribution is 2.17. The Morgan fingerprint density at radius 1 is 1.47 bits per heavy atom. The lowest BCUT2D eigenvalue weighted by atomic mass is 9.93. The lowest BCUT2D eigenvalue weighted by molar-refractivity contribution is -0.122. The van der Waals surface area contributed by atoms with Gasteiger partial charge in [0.2, 0.25) is 5.91 Å². The number of carbonyl (C=O) groups excluding carboxylic acids is 1. The molecule has 0 aromatic heterocycles. The summed E-state index contributed by atoms with van der Waals surface area (Å²) in [5, 5.41) is 12.9. The molecule has 0 spiro atoms. The van der Waals surface area contributed by atoms with Crippen molar-refractivity contribution < 1.29 is 14.6 Å². The average molecular weight is 216 g/mol. The second-order valence-electron chi connectivity index (χ2n) is 3.93. The molecule has 0 radical (unpaired) electrons. The van der Waals surface area contributed by atoms with Gasteiger partial charge in [-0.1, -0.05) is 12.8 Å². The van der Waals surface area contributed by atoms with E-state index in [1.165, 1.54) is 0 Å². The van der Waals surface area contributed by atoms with Crippen LogP contribution in [0.5, 0.6) is 0 Å². The Labute approximate surface area is 90.0 Å². The molecule has 0 aliphatic heterocycles. The lowest BCUT2D eigenvalue weighted by Crippen LogP contribution is -2.43. The third-order valence-corrected chi connectivity index (χ3v) is 2.63. The first-order valence-corrected chi connectivity index (χ1v) is 5.47. The zero-order valence-corrected chi connectivity index (χ0v) is 8.95. The summed E-state index contributed by atoms with van der Waals surface area (Å²) in [7, 11) is 0. The Kier molecular flexibility index (Phi) is 5.60. The van der Waals surface area contributed by atoms with Gasteiger partial charge < -0.3 is 20.9 Å². The number of hydrogen-bond donors (Lipinski definition) is 3. The van der Waals surface area contributed by atoms with Crippen LogP contribution in [0.3, 0.4) is 0 Å². The number of primary amides is 1. The fourth-order valence-electron chi connectivity index (χ4n) is 1.84. The second-order valence-corrected chi connectivity index (χ2v) is 3.93. The molecule has 1 rings (SSSR count). The maximum Gasteiger partial charge on any atom is 0.243 e. The standard InChI is InChI=1S/C10H20N2O3/c11-10(14)7-15-6-5-12-8-3-1-2-4-9(8)13/h8-9,12-13H,1-7H2,(H2,11,14)/t8-,9-/m1/s1. The van der Waals surface area contributed by atoms with E-state index in [0.717, 1.165) is 25.7 Å². The molecule has 1 saturated carbocycles. The first-order valence-electron chi connectivity index (χ1n) is 5.47. The molecule has 0 bridgehead atoms. The molecule has 1 aliphatic carbocycles. The third kappa shape index (κ3) is 5.11. The molecular weight excluding hydrogens is 196 g/mol. The topological polar surface area (TPSA) is 84.6 Å². The minimum Gasteiger partial charge on any atom is -0.392 e. The van der Waals surface area contributed by atoms with Crippen molar-refractivity contribution in [3.63, 3.8) is 0 Å². The number of rotatable bonds is 6. The van der Waals surface area contributed by atoms with Crippen LogP contribution in [-0.2, 0) is 9.53 Å². The van der Waals surface area contributed by atoms with E-state index >= 15 is 0 Å². The summed E-state index contributed by atoms with van der Waals surface area (Å²) >= 11 is 0. The monoisotopic (exact) mass is 216 g/mol. The molecule has 88 valence electrons. The van der Waals surface area contributed by atoms with Crippen molar-refractivity contribution in [1.82, 2.24) is 5.32 Å². The fraction of sp³-hybridized carbons (Fsp3) is 0.900. The van der Waals surface area contributed by atoms with Crippen LogP contribution in [0.1, 0.15) is 25.7 Å². The first-order chi connectivity index (χ1) is 7.20. The van der Waals surface area contributed by atoms with E-state index in [-0.39, 0.29) is 18.8 Å². The molecule has 2 atom stereocenters. The number of aliphatic hydroxyl groups is 1. The predicted octanol–water partition coefficient (Wildman–Crippen LogP) is -0.619. The molecule has 1 fully saturated rings. The van der Waals surface area contributed by atoms with Crippen LogP contribution in [0.4, 0.5) is 0 Å². The minimum atomic E-state index is -0.451. The Balaban J connectivity index is 2.01. The summed E-state index contributed by atoms with van der Waals surface area (Å²) in [4.78, 5) is 10.4. The number of aliphatic hydroxyl groups excluding tert-OH is 1. The molecule has 1 aliphatic rings. The van der Waals surface area contributed by atoms with E-state index in [2.05, 4.69) is 5.32 Å². The van der Waals surface area contributed by atoms with E-state index in [1.54, 1.807) is 0 Å². The van der Waals surface area contributed by atoms with Crippen LogP contribution in [0, 0.1) is 0 Å². The SMILES string of the molecule is NC(=O)COCCN[C@@H]1CCCC[C@H]1O. The van der Waals surface area contributed by atoms with Gasteiger partial charge in [-0.05, 0) is 12.8 Å². The zero-order valence-electron chi connectivity index (χ0n) is 8.95. The van der Waals surface area contributed by atoms with Crippen LogP contribution in [0.15, 0.2) is 0 Å². The van der Waals surface area contributed by atoms with E-state index in [9.17, 15) is 9.90 Å². The van der Waals surface area contributed by atoms with Crippen LogP contribution in [0.25, 0.3) is 0 Å². The molecule has 1 amide bonds. The molecule has 15 heavy (non-hydrogen) atoms. The molecule has 0 heterocycles. The molecule has 0 aromatic rings. The van der Waals surface area contributed by atoms with Crippen molar-refractivity contribution in [3.8, 4) is 0 Å². The average Bonchev–Trinajstić information content (AvgIpc) is 2.20. The number of carbonyl (C=O) groups is 1. The van der Waals surface area contributed by atoms with Crippen LogP contribution in [-0.4, -0.2) is 42.9 Å². The van der Waals surface area contributed by atoms with Gasteiger partial charge in [0.1, 0.15) is 6.61 Å². The van der Waals surface area contributed by atoms with Gasteiger partial charge in [0, 0.05) is 12.6 Å². The number of nitrogens with one attached hydrogen (secondary N) is 1. The van der Waals surface area contributed by atoms with Crippen molar-refractivity contribution in [2.24, 2.45) is 5.73 Å². The summed E-state index contributed by atoms with van der Waals surface area (Å²) < 4.78 is 5.00. The smallest absolute Gasteiger partial charge is 0.243 e. The zero-order chi connectivity index (χ0) is 11.1. The van der Waals surface area contributed by atoms with Crippen LogP contribution in [0.2, 0.25) is 0 Å². The highest BCUT2D eigenvalue weighted by Gasteiger charge is 2.21. The lowest BCUT2D eigenvalue weighted by Gasteiger charge is -2.28. The Morgan fingerprint density at radius 3 is 2.87 bits per heavy atom. The van der Waals surface area contributed by atoms with Crippen molar-refractivity contribution >= 4 is 5.91 Å². The van der Waals surface area contributed by atoms with E-state index in [1.807, 2.05) is 0 Å². The molecule has 5 nitrogen and oxygen atoms in total. The minimum absolute atomic E-state index is 0.0328. The third-order valence-electron chi connectivity index (χ3n) is 2.63. The Hall–Kier alpha value is -0.650. The van der Waals surface area contributed by atoms with Crippen molar-refractivity contribution in [1.29, 1.82) is 0 Å². The molecule has 0 unspecified atom stereocenters.